The quantitative estimate of drug-likeness (QED) is 0.696. The van der Waals surface area contributed by atoms with Crippen LogP contribution in [0.3, 0.4) is 0 Å². The largest absolute Gasteiger partial charge is 0.384 e. The van der Waals surface area contributed by atoms with Gasteiger partial charge in [0, 0.05) is 10.4 Å². The third-order valence-electron chi connectivity index (χ3n) is 3.11. The second-order valence-electron chi connectivity index (χ2n) is 4.34. The van der Waals surface area contributed by atoms with Gasteiger partial charge in [-0.2, -0.15) is 5.26 Å². The topological polar surface area (TPSA) is 105 Å². The number of primary amides is 1. The molecule has 1 aliphatic rings. The van der Waals surface area contributed by atoms with Crippen LogP contribution in [0.25, 0.3) is 0 Å². The van der Waals surface area contributed by atoms with Crippen molar-refractivity contribution in [2.24, 2.45) is 17.4 Å². The molecule has 5 N–H and O–H groups in total. The van der Waals surface area contributed by atoms with Crippen LogP contribution in [0.2, 0.25) is 0 Å². The molecule has 1 amide bonds. The highest BCUT2D eigenvalue weighted by Crippen LogP contribution is 2.36. The summed E-state index contributed by atoms with van der Waals surface area (Å²) >= 11 is 8.51. The molecule has 5 nitrogen and oxygen atoms in total. The van der Waals surface area contributed by atoms with E-state index in [9.17, 15) is 10.1 Å². The Kier molecular flexibility index (Phi) is 4.06. The number of benzene rings is 1. The molecule has 0 fully saturated rings. The molecule has 2 unspecified atom stereocenters. The Morgan fingerprint density at radius 1 is 1.50 bits per heavy atom. The number of nitrogens with zero attached hydrogens (tertiary/aromatic N) is 1. The number of rotatable bonds is 2. The number of carbonyl (C=O) groups excluding carboxylic acids is 1. The van der Waals surface area contributed by atoms with Crippen LogP contribution in [-0.4, -0.2) is 10.9 Å². The second-order valence-corrected chi connectivity index (χ2v) is 5.70. The van der Waals surface area contributed by atoms with Crippen LogP contribution in [0.15, 0.2) is 40.1 Å². The maximum absolute atomic E-state index is 11.7. The van der Waals surface area contributed by atoms with Gasteiger partial charge in [0.1, 0.15) is 11.7 Å². The van der Waals surface area contributed by atoms with Gasteiger partial charge in [-0.05, 0) is 17.7 Å². The normalized spacial score (nSPS) is 22.1. The van der Waals surface area contributed by atoms with E-state index in [0.29, 0.717) is 0 Å². The van der Waals surface area contributed by atoms with Gasteiger partial charge in [0.25, 0.3) is 0 Å². The Hall–Kier alpha value is -1.91. The fourth-order valence-corrected chi connectivity index (χ4v) is 3.02. The van der Waals surface area contributed by atoms with Gasteiger partial charge < -0.3 is 16.8 Å². The summed E-state index contributed by atoms with van der Waals surface area (Å²) in [7, 11) is 0. The van der Waals surface area contributed by atoms with Crippen LogP contribution in [0, 0.1) is 17.2 Å². The van der Waals surface area contributed by atoms with Crippen LogP contribution in [0.1, 0.15) is 11.5 Å². The van der Waals surface area contributed by atoms with Crippen molar-refractivity contribution >= 4 is 39.0 Å². The molecule has 0 aromatic heterocycles. The smallest absolute Gasteiger partial charge is 0.228 e. The molecule has 1 heterocycles. The van der Waals surface area contributed by atoms with Gasteiger partial charge in [0.15, 0.2) is 0 Å². The molecule has 7 heteroatoms. The predicted molar refractivity (Wildman–Crippen MR) is 82.1 cm³/mol. The minimum atomic E-state index is -0.791. The number of allylic oxidation sites excluding steroid dienone is 1. The SMILES string of the molecule is N#CC1=C(N)NC(=S)C(C(N)=O)C1c1cccc(Br)c1. The molecule has 102 valence electrons. The lowest BCUT2D eigenvalue weighted by Gasteiger charge is -2.31. The first kappa shape index (κ1) is 14.5. The van der Waals surface area contributed by atoms with E-state index in [2.05, 4.69) is 21.2 Å². The average molecular weight is 351 g/mol. The maximum Gasteiger partial charge on any atom is 0.228 e. The molecule has 0 saturated heterocycles. The third kappa shape index (κ3) is 2.53. The van der Waals surface area contributed by atoms with E-state index in [1.165, 1.54) is 0 Å². The zero-order valence-corrected chi connectivity index (χ0v) is 12.7. The van der Waals surface area contributed by atoms with Gasteiger partial charge in [0.2, 0.25) is 5.91 Å². The first-order valence-electron chi connectivity index (χ1n) is 5.71. The Morgan fingerprint density at radius 3 is 2.75 bits per heavy atom. The summed E-state index contributed by atoms with van der Waals surface area (Å²) in [5, 5.41) is 12.0. The van der Waals surface area contributed by atoms with Gasteiger partial charge in [0.05, 0.1) is 16.6 Å². The van der Waals surface area contributed by atoms with Crippen molar-refractivity contribution in [1.29, 1.82) is 5.26 Å². The number of thiocarbonyl (C=S) groups is 1. The third-order valence-corrected chi connectivity index (χ3v) is 3.96. The number of amides is 1. The van der Waals surface area contributed by atoms with Gasteiger partial charge >= 0.3 is 0 Å². The maximum atomic E-state index is 11.7. The molecule has 1 aromatic rings. The molecule has 1 aliphatic heterocycles. The van der Waals surface area contributed by atoms with Crippen molar-refractivity contribution in [3.05, 3.63) is 45.7 Å². The van der Waals surface area contributed by atoms with E-state index in [-0.39, 0.29) is 16.4 Å². The molecule has 2 rings (SSSR count). The van der Waals surface area contributed by atoms with E-state index in [4.69, 9.17) is 23.7 Å². The fourth-order valence-electron chi connectivity index (χ4n) is 2.25. The predicted octanol–water partition coefficient (Wildman–Crippen LogP) is 1.26. The summed E-state index contributed by atoms with van der Waals surface area (Å²) in [5.74, 6) is -1.78. The van der Waals surface area contributed by atoms with Crippen molar-refractivity contribution in [1.82, 2.24) is 5.32 Å². The minimum Gasteiger partial charge on any atom is -0.384 e. The van der Waals surface area contributed by atoms with E-state index in [1.54, 1.807) is 0 Å². The van der Waals surface area contributed by atoms with Crippen molar-refractivity contribution < 1.29 is 4.79 Å². The van der Waals surface area contributed by atoms with E-state index in [1.807, 2.05) is 30.3 Å². The molecule has 0 saturated carbocycles. The number of nitrogens with one attached hydrogen (secondary N) is 1. The van der Waals surface area contributed by atoms with Crippen LogP contribution >= 0.6 is 28.1 Å². The van der Waals surface area contributed by atoms with Crippen molar-refractivity contribution in [2.45, 2.75) is 5.92 Å². The number of nitriles is 1. The first-order valence-corrected chi connectivity index (χ1v) is 6.91. The number of hydrogen-bond donors (Lipinski definition) is 3. The van der Waals surface area contributed by atoms with E-state index >= 15 is 0 Å². The summed E-state index contributed by atoms with van der Waals surface area (Å²) in [4.78, 5) is 11.9. The lowest BCUT2D eigenvalue weighted by molar-refractivity contribution is -0.120. The summed E-state index contributed by atoms with van der Waals surface area (Å²) in [5.41, 5.74) is 12.3. The van der Waals surface area contributed by atoms with Gasteiger partial charge in [-0.25, -0.2) is 0 Å². The molecule has 0 bridgehead atoms. The fraction of sp³-hybridized carbons (Fsp3) is 0.154. The number of nitrogens with two attached hydrogens (primary N) is 2. The Labute approximate surface area is 129 Å². The molecule has 1 aromatic carbocycles. The minimum absolute atomic E-state index is 0.167. The van der Waals surface area contributed by atoms with E-state index < -0.39 is 17.7 Å². The van der Waals surface area contributed by atoms with Crippen LogP contribution in [0.5, 0.6) is 0 Å². The van der Waals surface area contributed by atoms with Crippen molar-refractivity contribution in [3.8, 4) is 6.07 Å². The molecular formula is C13H11BrN4OS. The molecule has 2 atom stereocenters. The highest BCUT2D eigenvalue weighted by Gasteiger charge is 2.39. The van der Waals surface area contributed by atoms with Gasteiger partial charge in [-0.15, -0.1) is 0 Å². The first-order chi connectivity index (χ1) is 9.45. The summed E-state index contributed by atoms with van der Waals surface area (Å²) in [6.45, 7) is 0. The van der Waals surface area contributed by atoms with Gasteiger partial charge in [-0.1, -0.05) is 40.3 Å². The number of carbonyl (C=O) groups is 1. The summed E-state index contributed by atoms with van der Waals surface area (Å²) in [6.07, 6.45) is 0. The van der Waals surface area contributed by atoms with E-state index in [0.717, 1.165) is 10.0 Å². The number of hydrogen-bond acceptors (Lipinski definition) is 4. The molecular weight excluding hydrogens is 340 g/mol. The van der Waals surface area contributed by atoms with Gasteiger partial charge in [-0.3, -0.25) is 4.79 Å². The average Bonchev–Trinajstić information content (AvgIpc) is 2.37. The zero-order chi connectivity index (χ0) is 14.9. The number of halogens is 1. The zero-order valence-electron chi connectivity index (χ0n) is 10.3. The summed E-state index contributed by atoms with van der Waals surface area (Å²) in [6, 6.07) is 9.33. The Balaban J connectivity index is 2.64. The summed E-state index contributed by atoms with van der Waals surface area (Å²) < 4.78 is 0.832. The van der Waals surface area contributed by atoms with Crippen molar-refractivity contribution in [2.75, 3.05) is 0 Å². The van der Waals surface area contributed by atoms with Crippen LogP contribution < -0.4 is 16.8 Å². The highest BCUT2D eigenvalue weighted by molar-refractivity contribution is 9.10. The molecule has 0 spiro atoms. The lowest BCUT2D eigenvalue weighted by atomic mass is 9.78. The highest BCUT2D eigenvalue weighted by atomic mass is 79.9. The lowest BCUT2D eigenvalue weighted by Crippen LogP contribution is -2.47. The Bertz CT molecular complexity index is 665. The van der Waals surface area contributed by atoms with Crippen molar-refractivity contribution in [3.63, 3.8) is 0 Å². The molecule has 0 radical (unpaired) electrons. The second kappa shape index (κ2) is 5.61. The Morgan fingerprint density at radius 2 is 2.20 bits per heavy atom. The monoisotopic (exact) mass is 350 g/mol. The molecule has 0 aliphatic carbocycles. The molecule has 20 heavy (non-hydrogen) atoms. The standard InChI is InChI=1S/C13H11BrN4OS/c14-7-3-1-2-6(4-7)9-8(5-15)11(16)18-13(20)10(9)12(17)19/h1-4,9-10H,16H2,(H2,17,19)(H,18,20). The van der Waals surface area contributed by atoms with Crippen LogP contribution in [0.4, 0.5) is 0 Å². The van der Waals surface area contributed by atoms with Crippen LogP contribution in [-0.2, 0) is 4.79 Å².